The standard InChI is InChI=1S/C26H28N2O5/c1-30-23-11-8-20(9-12-23)14-15-27-26(29)19-33-28-17-22-10-13-24(25(16-22)31-2)32-18-21-6-4-3-5-7-21/h3-13,16-17H,14-15,18-19H2,1-2H3,(H,27,29)/b28-17+. The van der Waals surface area contributed by atoms with E-state index < -0.39 is 0 Å². The van der Waals surface area contributed by atoms with Crippen molar-refractivity contribution < 1.29 is 23.8 Å². The molecule has 3 rings (SSSR count). The normalized spacial score (nSPS) is 10.6. The smallest absolute Gasteiger partial charge is 0.260 e. The summed E-state index contributed by atoms with van der Waals surface area (Å²) in [5.74, 6) is 1.80. The van der Waals surface area contributed by atoms with Gasteiger partial charge in [0, 0.05) is 12.1 Å². The van der Waals surface area contributed by atoms with Crippen LogP contribution in [0.1, 0.15) is 16.7 Å². The van der Waals surface area contributed by atoms with Crippen LogP contribution in [0.15, 0.2) is 78.0 Å². The number of methoxy groups -OCH3 is 2. The first kappa shape index (κ1) is 23.7. The van der Waals surface area contributed by atoms with Crippen molar-refractivity contribution in [3.8, 4) is 17.2 Å². The molecule has 0 saturated heterocycles. The Morgan fingerprint density at radius 1 is 0.909 bits per heavy atom. The number of amides is 1. The summed E-state index contributed by atoms with van der Waals surface area (Å²) in [5.41, 5.74) is 2.94. The van der Waals surface area contributed by atoms with E-state index in [0.717, 1.165) is 28.9 Å². The highest BCUT2D eigenvalue weighted by Crippen LogP contribution is 2.28. The third-order valence-corrected chi connectivity index (χ3v) is 4.79. The number of oxime groups is 1. The van der Waals surface area contributed by atoms with E-state index in [0.29, 0.717) is 24.7 Å². The van der Waals surface area contributed by atoms with Gasteiger partial charge in [0.05, 0.1) is 20.4 Å². The van der Waals surface area contributed by atoms with Gasteiger partial charge in [0.25, 0.3) is 5.91 Å². The van der Waals surface area contributed by atoms with E-state index in [2.05, 4.69) is 10.5 Å². The first-order valence-corrected chi connectivity index (χ1v) is 10.6. The van der Waals surface area contributed by atoms with Crippen LogP contribution in [0.25, 0.3) is 0 Å². The van der Waals surface area contributed by atoms with E-state index in [4.69, 9.17) is 19.0 Å². The molecule has 0 atom stereocenters. The fraction of sp³-hybridized carbons (Fsp3) is 0.231. The van der Waals surface area contributed by atoms with Crippen LogP contribution in [-0.4, -0.2) is 39.5 Å². The number of hydrogen-bond donors (Lipinski definition) is 1. The molecule has 172 valence electrons. The average molecular weight is 449 g/mol. The van der Waals surface area contributed by atoms with E-state index in [1.807, 2.05) is 66.7 Å². The molecule has 0 aliphatic carbocycles. The largest absolute Gasteiger partial charge is 0.497 e. The zero-order valence-electron chi connectivity index (χ0n) is 18.8. The van der Waals surface area contributed by atoms with Crippen molar-refractivity contribution in [3.63, 3.8) is 0 Å². The topological polar surface area (TPSA) is 78.4 Å². The van der Waals surface area contributed by atoms with Gasteiger partial charge in [-0.25, -0.2) is 0 Å². The molecule has 0 bridgehead atoms. The highest BCUT2D eigenvalue weighted by atomic mass is 16.6. The quantitative estimate of drug-likeness (QED) is 0.335. The van der Waals surface area contributed by atoms with Crippen LogP contribution in [0.3, 0.4) is 0 Å². The Bertz CT molecular complexity index is 1040. The SMILES string of the molecule is COc1ccc(CCNC(=O)CO/N=C/c2ccc(OCc3ccccc3)c(OC)c2)cc1. The summed E-state index contributed by atoms with van der Waals surface area (Å²) in [5, 5.41) is 6.68. The van der Waals surface area contributed by atoms with Gasteiger partial charge in [-0.2, -0.15) is 0 Å². The number of rotatable bonds is 12. The van der Waals surface area contributed by atoms with Gasteiger partial charge in [-0.15, -0.1) is 0 Å². The molecule has 3 aromatic rings. The number of carbonyl (C=O) groups excluding carboxylic acids is 1. The fourth-order valence-corrected chi connectivity index (χ4v) is 3.00. The molecule has 33 heavy (non-hydrogen) atoms. The van der Waals surface area contributed by atoms with E-state index in [9.17, 15) is 4.79 Å². The molecule has 0 fully saturated rings. The van der Waals surface area contributed by atoms with Crippen molar-refractivity contribution in [2.45, 2.75) is 13.0 Å². The Morgan fingerprint density at radius 3 is 2.42 bits per heavy atom. The minimum absolute atomic E-state index is 0.158. The van der Waals surface area contributed by atoms with Crippen LogP contribution < -0.4 is 19.5 Å². The van der Waals surface area contributed by atoms with Crippen molar-refractivity contribution in [3.05, 3.63) is 89.5 Å². The van der Waals surface area contributed by atoms with Crippen LogP contribution in [-0.2, 0) is 22.7 Å². The van der Waals surface area contributed by atoms with Gasteiger partial charge in [0.1, 0.15) is 12.4 Å². The molecule has 7 nitrogen and oxygen atoms in total. The molecule has 0 radical (unpaired) electrons. The second-order valence-electron chi connectivity index (χ2n) is 7.14. The monoisotopic (exact) mass is 448 g/mol. The van der Waals surface area contributed by atoms with Gasteiger partial charge in [0.2, 0.25) is 0 Å². The molecular weight excluding hydrogens is 420 g/mol. The van der Waals surface area contributed by atoms with E-state index in [1.165, 1.54) is 6.21 Å². The van der Waals surface area contributed by atoms with Gasteiger partial charge >= 0.3 is 0 Å². The summed E-state index contributed by atoms with van der Waals surface area (Å²) in [6.45, 7) is 0.801. The van der Waals surface area contributed by atoms with E-state index in [1.54, 1.807) is 20.3 Å². The Labute approximate surface area is 193 Å². The summed E-state index contributed by atoms with van der Waals surface area (Å²) < 4.78 is 16.4. The third kappa shape index (κ3) is 7.88. The number of benzene rings is 3. The molecule has 0 saturated carbocycles. The predicted octanol–water partition coefficient (Wildman–Crippen LogP) is 3.99. The maximum atomic E-state index is 11.9. The second-order valence-corrected chi connectivity index (χ2v) is 7.14. The van der Waals surface area contributed by atoms with Gasteiger partial charge in [-0.1, -0.05) is 47.6 Å². The molecule has 0 unspecified atom stereocenters. The Morgan fingerprint density at radius 2 is 1.70 bits per heavy atom. The lowest BCUT2D eigenvalue weighted by atomic mass is 10.1. The third-order valence-electron chi connectivity index (χ3n) is 4.79. The lowest BCUT2D eigenvalue weighted by molar-refractivity contribution is -0.125. The molecule has 0 aromatic heterocycles. The van der Waals surface area contributed by atoms with Crippen LogP contribution in [0.4, 0.5) is 0 Å². The van der Waals surface area contributed by atoms with Crippen molar-refractivity contribution in [2.24, 2.45) is 5.16 Å². The summed E-state index contributed by atoms with van der Waals surface area (Å²) in [7, 11) is 3.21. The van der Waals surface area contributed by atoms with Crippen molar-refractivity contribution in [1.29, 1.82) is 0 Å². The van der Waals surface area contributed by atoms with E-state index in [-0.39, 0.29) is 12.5 Å². The molecule has 0 aliphatic heterocycles. The van der Waals surface area contributed by atoms with Crippen molar-refractivity contribution in [1.82, 2.24) is 5.32 Å². The number of nitrogens with zero attached hydrogens (tertiary/aromatic N) is 1. The van der Waals surface area contributed by atoms with E-state index >= 15 is 0 Å². The van der Waals surface area contributed by atoms with Crippen LogP contribution in [0.5, 0.6) is 17.2 Å². The van der Waals surface area contributed by atoms with Crippen LogP contribution in [0.2, 0.25) is 0 Å². The number of nitrogens with one attached hydrogen (secondary N) is 1. The minimum atomic E-state index is -0.233. The molecule has 7 heteroatoms. The minimum Gasteiger partial charge on any atom is -0.497 e. The van der Waals surface area contributed by atoms with Gasteiger partial charge in [-0.05, 0) is 47.9 Å². The molecule has 0 heterocycles. The average Bonchev–Trinajstić information content (AvgIpc) is 2.86. The van der Waals surface area contributed by atoms with Crippen LogP contribution in [0, 0.1) is 0 Å². The zero-order chi connectivity index (χ0) is 23.3. The highest BCUT2D eigenvalue weighted by Gasteiger charge is 2.06. The Balaban J connectivity index is 1.40. The first-order chi connectivity index (χ1) is 16.2. The number of ether oxygens (including phenoxy) is 3. The molecule has 0 spiro atoms. The maximum absolute atomic E-state index is 11.9. The maximum Gasteiger partial charge on any atom is 0.260 e. The predicted molar refractivity (Wildman–Crippen MR) is 127 cm³/mol. The summed E-state index contributed by atoms with van der Waals surface area (Å²) >= 11 is 0. The Kier molecular flexibility index (Phi) is 9.15. The van der Waals surface area contributed by atoms with Gasteiger partial charge < -0.3 is 24.4 Å². The zero-order valence-corrected chi connectivity index (χ0v) is 18.8. The van der Waals surface area contributed by atoms with Gasteiger partial charge in [-0.3, -0.25) is 4.79 Å². The second kappa shape index (κ2) is 12.8. The molecular formula is C26H28N2O5. The number of hydrogen-bond acceptors (Lipinski definition) is 6. The molecule has 1 N–H and O–H groups in total. The summed E-state index contributed by atoms with van der Waals surface area (Å²) in [4.78, 5) is 17.0. The molecule has 1 amide bonds. The molecule has 3 aromatic carbocycles. The van der Waals surface area contributed by atoms with Crippen LogP contribution >= 0.6 is 0 Å². The molecule has 0 aliphatic rings. The first-order valence-electron chi connectivity index (χ1n) is 10.6. The fourth-order valence-electron chi connectivity index (χ4n) is 3.00. The summed E-state index contributed by atoms with van der Waals surface area (Å²) in [6, 6.07) is 23.1. The lowest BCUT2D eigenvalue weighted by Crippen LogP contribution is -2.28. The number of carbonyl (C=O) groups is 1. The lowest BCUT2D eigenvalue weighted by Gasteiger charge is -2.11. The Hall–Kier alpha value is -4.00. The van der Waals surface area contributed by atoms with Crippen molar-refractivity contribution in [2.75, 3.05) is 27.4 Å². The van der Waals surface area contributed by atoms with Crippen molar-refractivity contribution >= 4 is 12.1 Å². The highest BCUT2D eigenvalue weighted by molar-refractivity contribution is 5.81. The van der Waals surface area contributed by atoms with Gasteiger partial charge in [0.15, 0.2) is 18.1 Å². The summed E-state index contributed by atoms with van der Waals surface area (Å²) in [6.07, 6.45) is 2.24.